The molecule has 0 aliphatic carbocycles. The molecule has 1 saturated heterocycles. The van der Waals surface area contributed by atoms with Crippen molar-refractivity contribution in [3.05, 3.63) is 59.5 Å². The number of esters is 1. The van der Waals surface area contributed by atoms with Gasteiger partial charge >= 0.3 is 5.97 Å². The second kappa shape index (κ2) is 7.28. The molecule has 0 saturated carbocycles. The number of rotatable bonds is 2. The molecular weight excluding hydrogens is 389 g/mol. The Morgan fingerprint density at radius 3 is 2.80 bits per heavy atom. The summed E-state index contributed by atoms with van der Waals surface area (Å²) >= 11 is 0. The van der Waals surface area contributed by atoms with Gasteiger partial charge in [0.2, 0.25) is 5.60 Å². The van der Waals surface area contributed by atoms with Crippen molar-refractivity contribution in [3.8, 4) is 17.5 Å². The maximum Gasteiger partial charge on any atom is 0.359 e. The van der Waals surface area contributed by atoms with Gasteiger partial charge in [0.1, 0.15) is 5.82 Å². The maximum absolute atomic E-state index is 13.7. The number of carbonyl (C=O) groups excluding carboxylic acids is 2. The van der Waals surface area contributed by atoms with Crippen LogP contribution >= 0.6 is 0 Å². The van der Waals surface area contributed by atoms with Crippen LogP contribution in [0.4, 0.5) is 4.39 Å². The summed E-state index contributed by atoms with van der Waals surface area (Å²) in [5.74, 6) is 3.93. The molecule has 1 N–H and O–H groups in total. The fourth-order valence-corrected chi connectivity index (χ4v) is 3.40. The highest BCUT2D eigenvalue weighted by atomic mass is 19.1. The average Bonchev–Trinajstić information content (AvgIpc) is 3.25. The summed E-state index contributed by atoms with van der Waals surface area (Å²) in [5.41, 5.74) is -0.0479. The Balaban J connectivity index is 1.77. The fraction of sp³-hybridized carbons (Fsp3) is 0.227. The van der Waals surface area contributed by atoms with Crippen molar-refractivity contribution in [3.63, 3.8) is 0 Å². The van der Waals surface area contributed by atoms with Gasteiger partial charge in [0, 0.05) is 31.0 Å². The number of likely N-dealkylation sites (N-methyl/N-ethyl adjacent to an activating group) is 1. The van der Waals surface area contributed by atoms with E-state index in [4.69, 9.17) is 4.74 Å². The van der Waals surface area contributed by atoms with Gasteiger partial charge in [-0.05, 0) is 36.4 Å². The first kappa shape index (κ1) is 19.6. The number of nitrogens with zero attached hydrogens (tertiary/aromatic N) is 3. The molecule has 0 radical (unpaired) electrons. The Hall–Kier alpha value is -3.70. The highest BCUT2D eigenvalue weighted by Gasteiger charge is 2.42. The van der Waals surface area contributed by atoms with Crippen molar-refractivity contribution >= 4 is 22.8 Å². The summed E-state index contributed by atoms with van der Waals surface area (Å²) in [6.07, 6.45) is 0.243. The zero-order chi connectivity index (χ0) is 21.5. The van der Waals surface area contributed by atoms with E-state index in [1.165, 1.54) is 34.9 Å². The third-order valence-electron chi connectivity index (χ3n) is 5.03. The number of hydrogen-bond acceptors (Lipinski definition) is 5. The number of likely N-dealkylation sites (tertiary alicyclic amines) is 1. The van der Waals surface area contributed by atoms with Crippen molar-refractivity contribution in [2.45, 2.75) is 12.0 Å². The molecule has 0 unspecified atom stereocenters. The quantitative estimate of drug-likeness (QED) is 0.518. The molecule has 8 heteroatoms. The predicted octanol–water partition coefficient (Wildman–Crippen LogP) is 1.90. The average molecular weight is 407 g/mol. The van der Waals surface area contributed by atoms with E-state index in [-0.39, 0.29) is 12.1 Å². The molecule has 1 amide bonds. The van der Waals surface area contributed by atoms with Gasteiger partial charge in [0.05, 0.1) is 18.3 Å². The Kier molecular flexibility index (Phi) is 4.76. The van der Waals surface area contributed by atoms with E-state index in [9.17, 15) is 19.1 Å². The lowest BCUT2D eigenvalue weighted by atomic mass is 10.0. The minimum absolute atomic E-state index is 0.00242. The van der Waals surface area contributed by atoms with Crippen molar-refractivity contribution < 1.29 is 23.8 Å². The van der Waals surface area contributed by atoms with Gasteiger partial charge in [0.15, 0.2) is 5.69 Å². The van der Waals surface area contributed by atoms with Crippen LogP contribution in [0.1, 0.15) is 22.5 Å². The van der Waals surface area contributed by atoms with E-state index in [2.05, 4.69) is 16.9 Å². The van der Waals surface area contributed by atoms with E-state index in [0.29, 0.717) is 28.7 Å². The molecule has 1 aliphatic rings. The summed E-state index contributed by atoms with van der Waals surface area (Å²) in [7, 11) is 2.85. The zero-order valence-electron chi connectivity index (χ0n) is 16.3. The van der Waals surface area contributed by atoms with Crippen LogP contribution in [0.3, 0.4) is 0 Å². The number of ether oxygens (including phenoxy) is 1. The van der Waals surface area contributed by atoms with E-state index in [1.54, 1.807) is 31.3 Å². The molecule has 1 atom stereocenters. The monoisotopic (exact) mass is 407 g/mol. The van der Waals surface area contributed by atoms with Crippen molar-refractivity contribution in [2.75, 3.05) is 20.7 Å². The zero-order valence-corrected chi connectivity index (χ0v) is 16.3. The number of hydrogen-bond donors (Lipinski definition) is 1. The highest BCUT2D eigenvalue weighted by molar-refractivity contribution is 6.02. The van der Waals surface area contributed by atoms with Gasteiger partial charge in [-0.3, -0.25) is 4.79 Å². The summed E-state index contributed by atoms with van der Waals surface area (Å²) in [5, 5.41) is 15.1. The molecule has 2 heterocycles. The molecule has 1 aliphatic heterocycles. The molecule has 0 spiro atoms. The van der Waals surface area contributed by atoms with Crippen LogP contribution in [-0.4, -0.2) is 58.0 Å². The topological polar surface area (TPSA) is 84.7 Å². The maximum atomic E-state index is 13.7. The largest absolute Gasteiger partial charge is 0.464 e. The molecule has 152 valence electrons. The lowest BCUT2D eigenvalue weighted by Crippen LogP contribution is -2.37. The van der Waals surface area contributed by atoms with Gasteiger partial charge in [-0.1, -0.05) is 17.9 Å². The fourth-order valence-electron chi connectivity index (χ4n) is 3.40. The second-order valence-electron chi connectivity index (χ2n) is 7.05. The van der Waals surface area contributed by atoms with Crippen LogP contribution < -0.4 is 0 Å². The van der Waals surface area contributed by atoms with Crippen LogP contribution in [0.2, 0.25) is 0 Å². The van der Waals surface area contributed by atoms with Crippen molar-refractivity contribution in [1.29, 1.82) is 0 Å². The number of benzene rings is 2. The van der Waals surface area contributed by atoms with Crippen molar-refractivity contribution in [1.82, 2.24) is 14.7 Å². The Bertz CT molecular complexity index is 1240. The third-order valence-corrected chi connectivity index (χ3v) is 5.03. The number of carbonyl (C=O) groups is 2. The van der Waals surface area contributed by atoms with Crippen molar-refractivity contribution in [2.24, 2.45) is 0 Å². The molecule has 30 heavy (non-hydrogen) atoms. The summed E-state index contributed by atoms with van der Waals surface area (Å²) in [6.45, 7) is 0.441. The SMILES string of the molecule is COC(=O)c1nn(-c2cccc(C#C[C@]3(O)CCN(C)C3=O)c2)c2ccc(F)cc12. The molecule has 3 aromatic rings. The van der Waals surface area contributed by atoms with E-state index >= 15 is 0 Å². The molecule has 1 aromatic heterocycles. The van der Waals surface area contributed by atoms with Crippen LogP contribution in [0.5, 0.6) is 0 Å². The highest BCUT2D eigenvalue weighted by Crippen LogP contribution is 2.25. The van der Waals surface area contributed by atoms with Gasteiger partial charge < -0.3 is 14.7 Å². The standard InChI is InChI=1S/C22H18FN3O4/c1-25-11-10-22(29,21(25)28)9-8-14-4-3-5-16(12-14)26-18-7-6-15(23)13-17(18)19(24-26)20(27)30-2/h3-7,12-13,29H,10-11H2,1-2H3/t22-/m0/s1. The number of methoxy groups -OCH3 is 1. The molecule has 4 rings (SSSR count). The Labute approximate surface area is 171 Å². The Morgan fingerprint density at radius 1 is 1.30 bits per heavy atom. The predicted molar refractivity (Wildman–Crippen MR) is 106 cm³/mol. The van der Waals surface area contributed by atoms with Crippen LogP contribution in [0, 0.1) is 17.7 Å². The Morgan fingerprint density at radius 2 is 2.10 bits per heavy atom. The minimum Gasteiger partial charge on any atom is -0.464 e. The molecule has 2 aromatic carbocycles. The number of fused-ring (bicyclic) bond motifs is 1. The van der Waals surface area contributed by atoms with E-state index in [0.717, 1.165) is 0 Å². The lowest BCUT2D eigenvalue weighted by molar-refractivity contribution is -0.137. The van der Waals surface area contributed by atoms with Crippen LogP contribution in [0.25, 0.3) is 16.6 Å². The third kappa shape index (κ3) is 3.29. The number of aromatic nitrogens is 2. The number of halogens is 1. The molecule has 0 bridgehead atoms. The smallest absolute Gasteiger partial charge is 0.359 e. The molecule has 7 nitrogen and oxygen atoms in total. The second-order valence-corrected chi connectivity index (χ2v) is 7.05. The number of aliphatic hydroxyl groups is 1. The van der Waals surface area contributed by atoms with Gasteiger partial charge in [-0.2, -0.15) is 5.10 Å². The van der Waals surface area contributed by atoms with Crippen LogP contribution in [-0.2, 0) is 9.53 Å². The first-order valence-electron chi connectivity index (χ1n) is 9.20. The summed E-state index contributed by atoms with van der Waals surface area (Å²) in [4.78, 5) is 25.6. The number of amides is 1. The van der Waals surface area contributed by atoms with E-state index < -0.39 is 23.3 Å². The first-order valence-corrected chi connectivity index (χ1v) is 9.20. The van der Waals surface area contributed by atoms with Gasteiger partial charge in [0.25, 0.3) is 5.91 Å². The minimum atomic E-state index is -1.70. The van der Waals surface area contributed by atoms with E-state index in [1.807, 2.05) is 0 Å². The first-order chi connectivity index (χ1) is 14.3. The normalized spacial score (nSPS) is 18.4. The van der Waals surface area contributed by atoms with Gasteiger partial charge in [-0.15, -0.1) is 0 Å². The molecular formula is C22H18FN3O4. The summed E-state index contributed by atoms with van der Waals surface area (Å²) < 4.78 is 20.0. The summed E-state index contributed by atoms with van der Waals surface area (Å²) in [6, 6.07) is 11.0. The van der Waals surface area contributed by atoms with Gasteiger partial charge in [-0.25, -0.2) is 13.9 Å². The lowest BCUT2D eigenvalue weighted by Gasteiger charge is -2.13. The van der Waals surface area contributed by atoms with Crippen LogP contribution in [0.15, 0.2) is 42.5 Å². The molecule has 1 fully saturated rings.